The van der Waals surface area contributed by atoms with Crippen LogP contribution in [0.3, 0.4) is 0 Å². The van der Waals surface area contributed by atoms with Crippen molar-refractivity contribution in [2.24, 2.45) is 0 Å². The van der Waals surface area contributed by atoms with E-state index in [1.54, 1.807) is 0 Å². The lowest BCUT2D eigenvalue weighted by Crippen LogP contribution is -1.91. The van der Waals surface area contributed by atoms with E-state index in [1.807, 2.05) is 0 Å². The lowest BCUT2D eigenvalue weighted by molar-refractivity contribution is 0.125. The summed E-state index contributed by atoms with van der Waals surface area (Å²) in [5.41, 5.74) is 4.21. The van der Waals surface area contributed by atoms with E-state index in [4.69, 9.17) is 4.74 Å². The van der Waals surface area contributed by atoms with Crippen molar-refractivity contribution in [2.45, 2.75) is 26.4 Å². The van der Waals surface area contributed by atoms with Crippen molar-refractivity contribution in [3.63, 3.8) is 0 Å². The van der Waals surface area contributed by atoms with Gasteiger partial charge in [-0.05, 0) is 30.9 Å². The van der Waals surface area contributed by atoms with Crippen molar-refractivity contribution in [2.75, 3.05) is 6.61 Å². The quantitative estimate of drug-likeness (QED) is 0.569. The Balaban J connectivity index is 2.36. The molecule has 0 saturated heterocycles. The molecule has 1 aromatic carbocycles. The Morgan fingerprint density at radius 2 is 2.17 bits per heavy atom. The molecule has 1 nitrogen and oxygen atoms in total. The zero-order valence-electron chi connectivity index (χ0n) is 7.47. The molecular weight excluding hydrogens is 148 g/mol. The van der Waals surface area contributed by atoms with E-state index in [0.29, 0.717) is 0 Å². The van der Waals surface area contributed by atoms with Crippen LogP contribution < -0.4 is 0 Å². The Kier molecular flexibility index (Phi) is 2.13. The van der Waals surface area contributed by atoms with Crippen LogP contribution in [0.15, 0.2) is 18.2 Å². The van der Waals surface area contributed by atoms with Crippen LogP contribution in [0.5, 0.6) is 0 Å². The summed E-state index contributed by atoms with van der Waals surface area (Å²) in [4.78, 5) is 0. The van der Waals surface area contributed by atoms with Crippen molar-refractivity contribution >= 4 is 0 Å². The van der Waals surface area contributed by atoms with Crippen LogP contribution in [0.2, 0.25) is 0 Å². The first-order valence-electron chi connectivity index (χ1n) is 4.52. The largest absolute Gasteiger partial charge is 0.377 e. The molecule has 2 rings (SSSR count). The van der Waals surface area contributed by atoms with Crippen molar-refractivity contribution in [3.05, 3.63) is 34.9 Å². The Labute approximate surface area is 73.4 Å². The number of aryl methyl sites for hydroxylation is 2. The minimum Gasteiger partial charge on any atom is -0.377 e. The second-order valence-corrected chi connectivity index (χ2v) is 3.43. The molecule has 0 spiro atoms. The zero-order valence-corrected chi connectivity index (χ0v) is 7.47. The summed E-state index contributed by atoms with van der Waals surface area (Å²) in [6, 6.07) is 6.63. The SMILES string of the molecule is Cc1ccc2c(c1)CCCOC2. The summed E-state index contributed by atoms with van der Waals surface area (Å²) in [6.45, 7) is 3.86. The first-order valence-corrected chi connectivity index (χ1v) is 4.52. The summed E-state index contributed by atoms with van der Waals surface area (Å²) in [5.74, 6) is 0. The fourth-order valence-corrected chi connectivity index (χ4v) is 1.68. The van der Waals surface area contributed by atoms with Gasteiger partial charge in [-0.1, -0.05) is 23.8 Å². The molecule has 12 heavy (non-hydrogen) atoms. The highest BCUT2D eigenvalue weighted by Gasteiger charge is 2.06. The van der Waals surface area contributed by atoms with Gasteiger partial charge in [0.2, 0.25) is 0 Å². The fourth-order valence-electron chi connectivity index (χ4n) is 1.68. The third kappa shape index (κ3) is 1.51. The molecule has 1 aromatic rings. The Bertz CT molecular complexity index is 278. The fraction of sp³-hybridized carbons (Fsp3) is 0.455. The minimum atomic E-state index is 0.801. The van der Waals surface area contributed by atoms with Crippen LogP contribution in [0, 0.1) is 6.92 Å². The molecule has 0 fully saturated rings. The van der Waals surface area contributed by atoms with E-state index in [9.17, 15) is 0 Å². The van der Waals surface area contributed by atoms with Crippen LogP contribution in [0.1, 0.15) is 23.1 Å². The molecule has 1 aliphatic rings. The third-order valence-corrected chi connectivity index (χ3v) is 2.35. The van der Waals surface area contributed by atoms with Crippen molar-refractivity contribution in [1.82, 2.24) is 0 Å². The maximum absolute atomic E-state index is 5.46. The minimum absolute atomic E-state index is 0.801. The van der Waals surface area contributed by atoms with E-state index < -0.39 is 0 Å². The zero-order chi connectivity index (χ0) is 8.39. The molecule has 0 atom stereocenters. The predicted octanol–water partition coefficient (Wildman–Crippen LogP) is 2.46. The van der Waals surface area contributed by atoms with E-state index >= 15 is 0 Å². The monoisotopic (exact) mass is 162 g/mol. The molecular formula is C11H14O. The topological polar surface area (TPSA) is 9.23 Å². The lowest BCUT2D eigenvalue weighted by atomic mass is 10.0. The summed E-state index contributed by atoms with van der Waals surface area (Å²) in [5, 5.41) is 0. The van der Waals surface area contributed by atoms with Gasteiger partial charge in [-0.3, -0.25) is 0 Å². The summed E-state index contributed by atoms with van der Waals surface area (Å²) in [6.07, 6.45) is 2.34. The highest BCUT2D eigenvalue weighted by molar-refractivity contribution is 5.31. The molecule has 1 heterocycles. The Morgan fingerprint density at radius 1 is 1.25 bits per heavy atom. The van der Waals surface area contributed by atoms with Gasteiger partial charge in [0.25, 0.3) is 0 Å². The Hall–Kier alpha value is -0.820. The van der Waals surface area contributed by atoms with Gasteiger partial charge in [0, 0.05) is 6.61 Å². The number of fused-ring (bicyclic) bond motifs is 1. The van der Waals surface area contributed by atoms with E-state index in [-0.39, 0.29) is 0 Å². The molecule has 0 aromatic heterocycles. The van der Waals surface area contributed by atoms with Crippen molar-refractivity contribution < 1.29 is 4.74 Å². The van der Waals surface area contributed by atoms with Gasteiger partial charge in [0.15, 0.2) is 0 Å². The molecule has 64 valence electrons. The van der Waals surface area contributed by atoms with Crippen LogP contribution >= 0.6 is 0 Å². The maximum atomic E-state index is 5.46. The number of ether oxygens (including phenoxy) is 1. The van der Waals surface area contributed by atoms with Gasteiger partial charge in [-0.2, -0.15) is 0 Å². The first-order chi connectivity index (χ1) is 5.86. The standard InChI is InChI=1S/C11H14O/c1-9-4-5-11-8-12-6-2-3-10(11)7-9/h4-5,7H,2-3,6,8H2,1H3. The maximum Gasteiger partial charge on any atom is 0.0719 e. The Morgan fingerprint density at radius 3 is 3.08 bits per heavy atom. The van der Waals surface area contributed by atoms with E-state index in [1.165, 1.54) is 23.1 Å². The van der Waals surface area contributed by atoms with Crippen molar-refractivity contribution in [3.8, 4) is 0 Å². The smallest absolute Gasteiger partial charge is 0.0719 e. The van der Waals surface area contributed by atoms with E-state index in [2.05, 4.69) is 25.1 Å². The summed E-state index contributed by atoms with van der Waals surface area (Å²) >= 11 is 0. The van der Waals surface area contributed by atoms with Gasteiger partial charge >= 0.3 is 0 Å². The highest BCUT2D eigenvalue weighted by Crippen LogP contribution is 2.17. The average Bonchev–Trinajstić information content (AvgIpc) is 2.28. The lowest BCUT2D eigenvalue weighted by Gasteiger charge is -2.04. The number of rotatable bonds is 0. The van der Waals surface area contributed by atoms with Crippen LogP contribution in [0.4, 0.5) is 0 Å². The molecule has 1 heteroatoms. The molecule has 0 amide bonds. The third-order valence-electron chi connectivity index (χ3n) is 2.35. The molecule has 0 bridgehead atoms. The highest BCUT2D eigenvalue weighted by atomic mass is 16.5. The molecule has 1 aliphatic heterocycles. The second-order valence-electron chi connectivity index (χ2n) is 3.43. The van der Waals surface area contributed by atoms with Crippen LogP contribution in [-0.2, 0) is 17.8 Å². The van der Waals surface area contributed by atoms with Crippen LogP contribution in [-0.4, -0.2) is 6.61 Å². The number of hydrogen-bond acceptors (Lipinski definition) is 1. The molecule has 0 aliphatic carbocycles. The summed E-state index contributed by atoms with van der Waals surface area (Å²) < 4.78 is 5.46. The number of hydrogen-bond donors (Lipinski definition) is 0. The van der Waals surface area contributed by atoms with Gasteiger partial charge in [-0.25, -0.2) is 0 Å². The van der Waals surface area contributed by atoms with Crippen LogP contribution in [0.25, 0.3) is 0 Å². The van der Waals surface area contributed by atoms with Gasteiger partial charge in [0.05, 0.1) is 6.61 Å². The van der Waals surface area contributed by atoms with E-state index in [0.717, 1.165) is 19.6 Å². The average molecular weight is 162 g/mol. The normalized spacial score (nSPS) is 16.8. The number of benzene rings is 1. The molecule has 0 unspecified atom stereocenters. The first kappa shape index (κ1) is 7.81. The molecule has 0 saturated carbocycles. The van der Waals surface area contributed by atoms with Crippen molar-refractivity contribution in [1.29, 1.82) is 0 Å². The van der Waals surface area contributed by atoms with Gasteiger partial charge in [0.1, 0.15) is 0 Å². The van der Waals surface area contributed by atoms with Gasteiger partial charge in [-0.15, -0.1) is 0 Å². The molecule has 0 radical (unpaired) electrons. The predicted molar refractivity (Wildman–Crippen MR) is 49.2 cm³/mol. The van der Waals surface area contributed by atoms with Gasteiger partial charge < -0.3 is 4.74 Å². The summed E-state index contributed by atoms with van der Waals surface area (Å²) in [7, 11) is 0. The second kappa shape index (κ2) is 3.28. The molecule has 0 N–H and O–H groups in total.